The minimum Gasteiger partial charge on any atom is -0.468 e. The lowest BCUT2D eigenvalue weighted by atomic mass is 9.88. The van der Waals surface area contributed by atoms with E-state index in [4.69, 9.17) is 4.74 Å². The molecular formula is C15H30N2O2. The van der Waals surface area contributed by atoms with Gasteiger partial charge in [-0.1, -0.05) is 6.92 Å². The van der Waals surface area contributed by atoms with Crippen LogP contribution in [0.5, 0.6) is 0 Å². The summed E-state index contributed by atoms with van der Waals surface area (Å²) in [7, 11) is 1.44. The third-order valence-electron chi connectivity index (χ3n) is 4.16. The summed E-state index contributed by atoms with van der Waals surface area (Å²) in [6.07, 6.45) is 3.66. The van der Waals surface area contributed by atoms with E-state index in [0.717, 1.165) is 0 Å². The van der Waals surface area contributed by atoms with Crippen molar-refractivity contribution in [2.24, 2.45) is 5.92 Å². The quantitative estimate of drug-likeness (QED) is 0.750. The monoisotopic (exact) mass is 270 g/mol. The number of methoxy groups -OCH3 is 1. The highest BCUT2D eigenvalue weighted by Crippen LogP contribution is 2.22. The Labute approximate surface area is 117 Å². The Morgan fingerprint density at radius 1 is 1.42 bits per heavy atom. The second kappa shape index (κ2) is 7.25. The maximum atomic E-state index is 11.7. The van der Waals surface area contributed by atoms with Crippen molar-refractivity contribution in [3.05, 3.63) is 0 Å². The number of nitrogens with one attached hydrogen (secondary N) is 1. The number of nitrogens with zero attached hydrogens (tertiary/aromatic N) is 1. The predicted octanol–water partition coefficient (Wildman–Crippen LogP) is 2.04. The van der Waals surface area contributed by atoms with Crippen molar-refractivity contribution in [2.45, 2.75) is 58.5 Å². The zero-order chi connectivity index (χ0) is 14.5. The van der Waals surface area contributed by atoms with Gasteiger partial charge in [0.05, 0.1) is 7.11 Å². The maximum absolute atomic E-state index is 11.7. The van der Waals surface area contributed by atoms with E-state index in [1.54, 1.807) is 0 Å². The normalized spacial score (nSPS) is 20.3. The molecule has 1 aliphatic heterocycles. The van der Waals surface area contributed by atoms with Gasteiger partial charge in [-0.15, -0.1) is 0 Å². The molecule has 1 saturated heterocycles. The van der Waals surface area contributed by atoms with Crippen molar-refractivity contribution in [3.63, 3.8) is 0 Å². The van der Waals surface area contributed by atoms with Gasteiger partial charge in [0.15, 0.2) is 0 Å². The van der Waals surface area contributed by atoms with Gasteiger partial charge in [-0.05, 0) is 65.6 Å². The molecule has 1 heterocycles. The largest absolute Gasteiger partial charge is 0.468 e. The topological polar surface area (TPSA) is 41.6 Å². The predicted molar refractivity (Wildman–Crippen MR) is 78.1 cm³/mol. The summed E-state index contributed by atoms with van der Waals surface area (Å²) in [5.74, 6) is 0.458. The van der Waals surface area contributed by atoms with Crippen LogP contribution < -0.4 is 5.32 Å². The lowest BCUT2D eigenvalue weighted by Gasteiger charge is -2.37. The lowest BCUT2D eigenvalue weighted by molar-refractivity contribution is -0.147. The van der Waals surface area contributed by atoms with Crippen LogP contribution in [0.1, 0.15) is 47.0 Å². The molecule has 1 unspecified atom stereocenters. The average Bonchev–Trinajstić information content (AvgIpc) is 2.38. The molecule has 0 radical (unpaired) electrons. The van der Waals surface area contributed by atoms with Gasteiger partial charge in [0, 0.05) is 6.04 Å². The molecule has 4 nitrogen and oxygen atoms in total. The highest BCUT2D eigenvalue weighted by Gasteiger charge is 2.33. The Bertz CT molecular complexity index is 284. The van der Waals surface area contributed by atoms with Crippen LogP contribution in [0.4, 0.5) is 0 Å². The van der Waals surface area contributed by atoms with E-state index < -0.39 is 5.54 Å². The number of likely N-dealkylation sites (tertiary alicyclic amines) is 1. The first kappa shape index (κ1) is 16.4. The number of hydrogen-bond acceptors (Lipinski definition) is 4. The minimum atomic E-state index is -0.602. The SMILES string of the molecule is CCCN1CCC(C(C)NC(C)(C)C(=O)OC)CC1. The molecule has 0 bridgehead atoms. The molecule has 0 amide bonds. The fourth-order valence-electron chi connectivity index (χ4n) is 2.99. The molecular weight excluding hydrogens is 240 g/mol. The van der Waals surface area contributed by atoms with E-state index in [9.17, 15) is 4.79 Å². The van der Waals surface area contributed by atoms with E-state index in [1.807, 2.05) is 13.8 Å². The van der Waals surface area contributed by atoms with Crippen molar-refractivity contribution in [1.29, 1.82) is 0 Å². The Balaban J connectivity index is 2.43. The molecule has 0 spiro atoms. The van der Waals surface area contributed by atoms with Crippen LogP contribution >= 0.6 is 0 Å². The van der Waals surface area contributed by atoms with Crippen molar-refractivity contribution in [3.8, 4) is 0 Å². The van der Waals surface area contributed by atoms with Crippen LogP contribution in [0.3, 0.4) is 0 Å². The smallest absolute Gasteiger partial charge is 0.325 e. The number of piperidine rings is 1. The first-order chi connectivity index (χ1) is 8.90. The van der Waals surface area contributed by atoms with Crippen LogP contribution in [0.2, 0.25) is 0 Å². The van der Waals surface area contributed by atoms with Crippen molar-refractivity contribution in [1.82, 2.24) is 10.2 Å². The van der Waals surface area contributed by atoms with Gasteiger partial charge in [-0.2, -0.15) is 0 Å². The summed E-state index contributed by atoms with van der Waals surface area (Å²) in [5, 5.41) is 3.43. The van der Waals surface area contributed by atoms with Crippen molar-refractivity contribution in [2.75, 3.05) is 26.7 Å². The number of esters is 1. The van der Waals surface area contributed by atoms with Crippen molar-refractivity contribution >= 4 is 5.97 Å². The van der Waals surface area contributed by atoms with Gasteiger partial charge in [-0.3, -0.25) is 10.1 Å². The van der Waals surface area contributed by atoms with Crippen LogP contribution in [0, 0.1) is 5.92 Å². The zero-order valence-corrected chi connectivity index (χ0v) is 13.2. The molecule has 1 N–H and O–H groups in total. The van der Waals surface area contributed by atoms with Gasteiger partial charge in [0.1, 0.15) is 5.54 Å². The van der Waals surface area contributed by atoms with E-state index >= 15 is 0 Å². The highest BCUT2D eigenvalue weighted by atomic mass is 16.5. The molecule has 0 aromatic rings. The van der Waals surface area contributed by atoms with E-state index in [2.05, 4.69) is 24.1 Å². The molecule has 19 heavy (non-hydrogen) atoms. The summed E-state index contributed by atoms with van der Waals surface area (Å²) in [6, 6.07) is 0.345. The van der Waals surface area contributed by atoms with Crippen LogP contribution in [0.15, 0.2) is 0 Å². The highest BCUT2D eigenvalue weighted by molar-refractivity contribution is 5.79. The molecule has 1 atom stereocenters. The van der Waals surface area contributed by atoms with E-state index in [0.29, 0.717) is 12.0 Å². The third-order valence-corrected chi connectivity index (χ3v) is 4.16. The van der Waals surface area contributed by atoms with Crippen LogP contribution in [0.25, 0.3) is 0 Å². The molecule has 1 aliphatic rings. The summed E-state index contributed by atoms with van der Waals surface area (Å²) in [5.41, 5.74) is -0.602. The van der Waals surface area contributed by atoms with Gasteiger partial charge in [0.2, 0.25) is 0 Å². The second-order valence-electron chi connectivity index (χ2n) is 6.23. The molecule has 112 valence electrons. The number of carbonyl (C=O) groups excluding carboxylic acids is 1. The summed E-state index contributed by atoms with van der Waals surface area (Å²) in [4.78, 5) is 14.2. The van der Waals surface area contributed by atoms with Gasteiger partial charge in [-0.25, -0.2) is 0 Å². The van der Waals surface area contributed by atoms with Crippen LogP contribution in [-0.4, -0.2) is 49.2 Å². The number of hydrogen-bond donors (Lipinski definition) is 1. The van der Waals surface area contributed by atoms with E-state index in [-0.39, 0.29) is 5.97 Å². The summed E-state index contributed by atoms with van der Waals surface area (Å²) < 4.78 is 4.84. The van der Waals surface area contributed by atoms with Crippen molar-refractivity contribution < 1.29 is 9.53 Å². The number of rotatable bonds is 6. The summed E-state index contributed by atoms with van der Waals surface area (Å²) in [6.45, 7) is 11.8. The van der Waals surface area contributed by atoms with Gasteiger partial charge >= 0.3 is 5.97 Å². The Kier molecular flexibility index (Phi) is 6.27. The molecule has 1 rings (SSSR count). The average molecular weight is 270 g/mol. The molecule has 0 aromatic carbocycles. The maximum Gasteiger partial charge on any atom is 0.325 e. The summed E-state index contributed by atoms with van der Waals surface area (Å²) >= 11 is 0. The molecule has 4 heteroatoms. The molecule has 0 aromatic heterocycles. The minimum absolute atomic E-state index is 0.192. The number of carbonyl (C=O) groups is 1. The first-order valence-corrected chi connectivity index (χ1v) is 7.49. The molecule has 0 aliphatic carbocycles. The Morgan fingerprint density at radius 2 is 2.00 bits per heavy atom. The van der Waals surface area contributed by atoms with Gasteiger partial charge in [0.25, 0.3) is 0 Å². The molecule has 0 saturated carbocycles. The Hall–Kier alpha value is -0.610. The number of ether oxygens (including phenoxy) is 1. The third kappa shape index (κ3) is 4.77. The van der Waals surface area contributed by atoms with E-state index in [1.165, 1.54) is 46.0 Å². The Morgan fingerprint density at radius 3 is 2.47 bits per heavy atom. The standard InChI is InChI=1S/C15H30N2O2/c1-6-9-17-10-7-13(8-11-17)12(2)16-15(3,4)14(18)19-5/h12-13,16H,6-11H2,1-5H3. The second-order valence-corrected chi connectivity index (χ2v) is 6.23. The zero-order valence-electron chi connectivity index (χ0n) is 13.2. The fraction of sp³-hybridized carbons (Fsp3) is 0.933. The van der Waals surface area contributed by atoms with Crippen LogP contribution in [-0.2, 0) is 9.53 Å². The fourth-order valence-corrected chi connectivity index (χ4v) is 2.99. The lowest BCUT2D eigenvalue weighted by Crippen LogP contribution is -2.54. The first-order valence-electron chi connectivity index (χ1n) is 7.49. The molecule has 1 fully saturated rings. The van der Waals surface area contributed by atoms with Gasteiger partial charge < -0.3 is 9.64 Å².